The maximum absolute atomic E-state index is 8.88. The number of hydrogen-bond acceptors (Lipinski definition) is 5. The van der Waals surface area contributed by atoms with Crippen molar-refractivity contribution < 1.29 is 19.4 Å². The zero-order chi connectivity index (χ0) is 8.04. The molecule has 0 radical (unpaired) electrons. The van der Waals surface area contributed by atoms with Gasteiger partial charge in [-0.3, -0.25) is 0 Å². The zero-order valence-electron chi connectivity index (χ0n) is 5.73. The van der Waals surface area contributed by atoms with Crippen LogP contribution in [0.25, 0.3) is 0 Å². The predicted molar refractivity (Wildman–Crippen MR) is 42.5 cm³/mol. The molecule has 0 atom stereocenters. The van der Waals surface area contributed by atoms with Crippen molar-refractivity contribution in [3.8, 4) is 0 Å². The molecular weight excluding hydrogens is 175 g/mol. The minimum absolute atomic E-state index is 0.00831. The summed E-state index contributed by atoms with van der Waals surface area (Å²) in [5, 5.41) is 8.30. The van der Waals surface area contributed by atoms with Gasteiger partial charge >= 0.3 is 7.15 Å². The van der Waals surface area contributed by atoms with Crippen LogP contribution in [0.4, 0.5) is 0 Å². The summed E-state index contributed by atoms with van der Waals surface area (Å²) in [6.45, 7) is 0.201. The van der Waals surface area contributed by atoms with Crippen LogP contribution in [0.1, 0.15) is 6.42 Å². The fourth-order valence-electron chi connectivity index (χ4n) is 0.301. The quantitative estimate of drug-likeness (QED) is 0.429. The molecule has 6 heteroatoms. The van der Waals surface area contributed by atoms with E-state index in [1.165, 1.54) is 0 Å². The average Bonchev–Trinajstić information content (AvgIpc) is 1.89. The third kappa shape index (κ3) is 5.41. The van der Waals surface area contributed by atoms with Gasteiger partial charge in [0.15, 0.2) is 0 Å². The normalized spacial score (nSPS) is 12.0. The molecular formula is C4H12O4PS+. The molecule has 0 aromatic heterocycles. The highest BCUT2D eigenvalue weighted by Gasteiger charge is 2.35. The van der Waals surface area contributed by atoms with Crippen LogP contribution >= 0.6 is 18.5 Å². The van der Waals surface area contributed by atoms with Gasteiger partial charge in [0.1, 0.15) is 18.0 Å². The maximum Gasteiger partial charge on any atom is 0.475 e. The SMILES string of the molecule is CS[P+](O)(O)OCCCO. The van der Waals surface area contributed by atoms with Gasteiger partial charge in [0.05, 0.1) is 0 Å². The third-order valence-corrected chi connectivity index (χ3v) is 3.54. The molecule has 0 amide bonds. The van der Waals surface area contributed by atoms with Crippen molar-refractivity contribution in [1.29, 1.82) is 0 Å². The highest BCUT2D eigenvalue weighted by Crippen LogP contribution is 2.62. The van der Waals surface area contributed by atoms with E-state index in [1.807, 2.05) is 0 Å². The Labute approximate surface area is 64.5 Å². The smallest absolute Gasteiger partial charge is 0.396 e. The first kappa shape index (κ1) is 10.6. The number of hydrogen-bond donors (Lipinski definition) is 3. The Balaban J connectivity index is 3.28. The van der Waals surface area contributed by atoms with Crippen LogP contribution in [-0.4, -0.2) is 34.4 Å². The van der Waals surface area contributed by atoms with Crippen LogP contribution in [0.3, 0.4) is 0 Å². The van der Waals surface area contributed by atoms with Crippen LogP contribution < -0.4 is 0 Å². The molecule has 10 heavy (non-hydrogen) atoms. The van der Waals surface area contributed by atoms with E-state index in [-0.39, 0.29) is 13.2 Å². The van der Waals surface area contributed by atoms with Gasteiger partial charge in [0, 0.05) is 12.9 Å². The molecule has 4 nitrogen and oxygen atoms in total. The van der Waals surface area contributed by atoms with Crippen molar-refractivity contribution in [2.45, 2.75) is 6.42 Å². The Morgan fingerprint density at radius 1 is 1.50 bits per heavy atom. The Bertz CT molecular complexity index is 89.3. The summed E-state index contributed by atoms with van der Waals surface area (Å²) < 4.78 is 4.64. The van der Waals surface area contributed by atoms with Gasteiger partial charge in [-0.15, -0.1) is 0 Å². The van der Waals surface area contributed by atoms with Gasteiger partial charge in [-0.1, -0.05) is 0 Å². The maximum atomic E-state index is 8.88. The molecule has 62 valence electrons. The monoisotopic (exact) mass is 187 g/mol. The van der Waals surface area contributed by atoms with E-state index in [4.69, 9.17) is 14.9 Å². The molecule has 0 saturated heterocycles. The highest BCUT2D eigenvalue weighted by atomic mass is 32.7. The Morgan fingerprint density at radius 3 is 2.50 bits per heavy atom. The van der Waals surface area contributed by atoms with Crippen LogP contribution in [-0.2, 0) is 4.52 Å². The van der Waals surface area contributed by atoms with Crippen LogP contribution in [0.15, 0.2) is 0 Å². The molecule has 0 saturated carbocycles. The van der Waals surface area contributed by atoms with Gasteiger partial charge < -0.3 is 5.11 Å². The van der Waals surface area contributed by atoms with E-state index in [2.05, 4.69) is 4.52 Å². The van der Waals surface area contributed by atoms with Gasteiger partial charge in [0.25, 0.3) is 0 Å². The van der Waals surface area contributed by atoms with Gasteiger partial charge in [-0.2, -0.15) is 14.3 Å². The standard InChI is InChI=1S/C4H12O4PS/c1-10-9(6,7)8-4-2-3-5/h5-7H,2-4H2,1H3/q+1. The summed E-state index contributed by atoms with van der Waals surface area (Å²) in [4.78, 5) is 17.8. The lowest BCUT2D eigenvalue weighted by molar-refractivity contribution is 0.208. The lowest BCUT2D eigenvalue weighted by atomic mass is 10.5. The molecule has 0 spiro atoms. The van der Waals surface area contributed by atoms with Crippen LogP contribution in [0.5, 0.6) is 0 Å². The van der Waals surface area contributed by atoms with E-state index < -0.39 is 7.15 Å². The predicted octanol–water partition coefficient (Wildman–Crippen LogP) is 0.411. The molecule has 0 unspecified atom stereocenters. The molecule has 0 rings (SSSR count). The summed E-state index contributed by atoms with van der Waals surface area (Å²) in [7, 11) is -3.15. The number of aliphatic hydroxyl groups is 1. The molecule has 0 aliphatic carbocycles. The van der Waals surface area contributed by atoms with E-state index in [1.54, 1.807) is 6.26 Å². The van der Waals surface area contributed by atoms with Gasteiger partial charge in [-0.05, 0) is 6.42 Å². The van der Waals surface area contributed by atoms with Crippen molar-refractivity contribution >= 4 is 18.5 Å². The van der Waals surface area contributed by atoms with Crippen molar-refractivity contribution in [2.75, 3.05) is 19.5 Å². The van der Waals surface area contributed by atoms with Crippen molar-refractivity contribution in [3.05, 3.63) is 0 Å². The molecule has 0 fully saturated rings. The lowest BCUT2D eigenvalue weighted by Crippen LogP contribution is -1.97. The summed E-state index contributed by atoms with van der Waals surface area (Å²) in [5.41, 5.74) is 0. The zero-order valence-corrected chi connectivity index (χ0v) is 7.44. The first-order chi connectivity index (χ1) is 4.62. The van der Waals surface area contributed by atoms with Crippen molar-refractivity contribution in [3.63, 3.8) is 0 Å². The molecule has 0 bridgehead atoms. The molecule has 0 aliphatic heterocycles. The van der Waals surface area contributed by atoms with E-state index in [0.717, 1.165) is 11.4 Å². The van der Waals surface area contributed by atoms with Gasteiger partial charge in [-0.25, -0.2) is 0 Å². The fraction of sp³-hybridized carbons (Fsp3) is 1.00. The Hall–Kier alpha value is 0.620. The number of rotatable bonds is 5. The Kier molecular flexibility index (Phi) is 5.62. The summed E-state index contributed by atoms with van der Waals surface area (Å²) >= 11 is 0.896. The van der Waals surface area contributed by atoms with Crippen LogP contribution in [0.2, 0.25) is 0 Å². The van der Waals surface area contributed by atoms with Crippen LogP contribution in [0, 0.1) is 0 Å². The van der Waals surface area contributed by atoms with E-state index in [9.17, 15) is 0 Å². The van der Waals surface area contributed by atoms with Crippen molar-refractivity contribution in [1.82, 2.24) is 0 Å². The van der Waals surface area contributed by atoms with Gasteiger partial charge in [0.2, 0.25) is 0 Å². The topological polar surface area (TPSA) is 69.9 Å². The minimum atomic E-state index is -3.15. The third-order valence-electron chi connectivity index (χ3n) is 0.800. The lowest BCUT2D eigenvalue weighted by Gasteiger charge is -2.05. The molecule has 3 N–H and O–H groups in total. The molecule has 0 aromatic rings. The summed E-state index contributed by atoms with van der Waals surface area (Å²) in [5.74, 6) is 0. The number of aliphatic hydroxyl groups excluding tert-OH is 1. The molecule has 0 aromatic carbocycles. The molecule has 0 aliphatic rings. The highest BCUT2D eigenvalue weighted by molar-refractivity contribution is 8.56. The summed E-state index contributed by atoms with van der Waals surface area (Å²) in [6, 6.07) is 0. The first-order valence-electron chi connectivity index (χ1n) is 2.78. The molecule has 0 heterocycles. The minimum Gasteiger partial charge on any atom is -0.396 e. The van der Waals surface area contributed by atoms with E-state index >= 15 is 0 Å². The van der Waals surface area contributed by atoms with E-state index in [0.29, 0.717) is 6.42 Å². The average molecular weight is 187 g/mol. The van der Waals surface area contributed by atoms with Crippen molar-refractivity contribution in [2.24, 2.45) is 0 Å². The largest absolute Gasteiger partial charge is 0.475 e. The first-order valence-corrected chi connectivity index (χ1v) is 6.22. The fourth-order valence-corrected chi connectivity index (χ4v) is 1.31. The second kappa shape index (κ2) is 5.29. The second-order valence-corrected chi connectivity index (χ2v) is 5.71. The summed E-state index contributed by atoms with van der Waals surface area (Å²) in [6.07, 6.45) is 2.00. The second-order valence-electron chi connectivity index (χ2n) is 1.58. The Morgan fingerprint density at radius 2 is 2.10 bits per heavy atom.